The Kier molecular flexibility index (Phi) is 4.90. The van der Waals surface area contributed by atoms with Crippen LogP contribution in [0.1, 0.15) is 52.8 Å². The Hall–Kier alpha value is -4.94. The van der Waals surface area contributed by atoms with Gasteiger partial charge >= 0.3 is 0 Å². The van der Waals surface area contributed by atoms with E-state index in [0.29, 0.717) is 0 Å². The third-order valence-corrected chi connectivity index (χ3v) is 10.4. The molecule has 0 fully saturated rings. The predicted octanol–water partition coefficient (Wildman–Crippen LogP) is 11.0. The molecule has 7 aromatic rings. The molecule has 0 N–H and O–H groups in total. The van der Waals surface area contributed by atoms with Gasteiger partial charge in [0.15, 0.2) is 0 Å². The first-order chi connectivity index (χ1) is 21.0. The van der Waals surface area contributed by atoms with Crippen molar-refractivity contribution in [1.82, 2.24) is 0 Å². The van der Waals surface area contributed by atoms with Gasteiger partial charge in [-0.3, -0.25) is 0 Å². The van der Waals surface area contributed by atoms with Crippen molar-refractivity contribution in [2.45, 2.75) is 31.6 Å². The van der Waals surface area contributed by atoms with Crippen molar-refractivity contribution in [2.75, 3.05) is 0 Å². The molecule has 0 amide bonds. The van der Waals surface area contributed by atoms with Crippen LogP contribution in [0.3, 0.4) is 0 Å². The van der Waals surface area contributed by atoms with Crippen molar-refractivity contribution < 1.29 is 0 Å². The van der Waals surface area contributed by atoms with E-state index in [1.807, 2.05) is 0 Å². The summed E-state index contributed by atoms with van der Waals surface area (Å²) in [6.07, 6.45) is 0. The van der Waals surface area contributed by atoms with Crippen LogP contribution in [-0.2, 0) is 10.8 Å². The minimum absolute atomic E-state index is 0.0801. The summed E-state index contributed by atoms with van der Waals surface area (Å²) >= 11 is 0. The zero-order valence-corrected chi connectivity index (χ0v) is 24.8. The smallest absolute Gasteiger partial charge is 0.0622 e. The van der Waals surface area contributed by atoms with Gasteiger partial charge in [-0.15, -0.1) is 0 Å². The highest BCUT2D eigenvalue weighted by molar-refractivity contribution is 6.19. The van der Waals surface area contributed by atoms with Gasteiger partial charge in [-0.25, -0.2) is 0 Å². The van der Waals surface area contributed by atoms with Crippen molar-refractivity contribution in [1.29, 1.82) is 0 Å². The monoisotopic (exact) mass is 548 g/mol. The van der Waals surface area contributed by atoms with Gasteiger partial charge in [-0.1, -0.05) is 147 Å². The maximum atomic E-state index is 2.57. The molecule has 204 valence electrons. The Morgan fingerprint density at radius 1 is 0.419 bits per heavy atom. The highest BCUT2D eigenvalue weighted by Crippen LogP contribution is 2.62. The predicted molar refractivity (Wildman–Crippen MR) is 181 cm³/mol. The van der Waals surface area contributed by atoms with Crippen LogP contribution in [0.2, 0.25) is 0 Å². The normalized spacial score (nSPS) is 15.2. The summed E-state index contributed by atoms with van der Waals surface area (Å²) in [4.78, 5) is 0. The number of hydrogen-bond acceptors (Lipinski definition) is 0. The molecular weight excluding hydrogens is 516 g/mol. The van der Waals surface area contributed by atoms with Crippen LogP contribution >= 0.6 is 0 Å². The van der Waals surface area contributed by atoms with E-state index in [2.05, 4.69) is 160 Å². The second-order valence-electron chi connectivity index (χ2n) is 12.9. The maximum Gasteiger partial charge on any atom is 0.0720 e. The number of aryl methyl sites for hydroxylation is 1. The first kappa shape index (κ1) is 24.6. The number of fused-ring (bicyclic) bond motifs is 11. The fourth-order valence-corrected chi connectivity index (χ4v) is 8.50. The topological polar surface area (TPSA) is 0 Å². The third kappa shape index (κ3) is 3.06. The lowest BCUT2D eigenvalue weighted by Crippen LogP contribution is -2.29. The zero-order valence-electron chi connectivity index (χ0n) is 24.8. The molecule has 7 aromatic carbocycles. The molecule has 0 radical (unpaired) electrons. The Morgan fingerprint density at radius 2 is 0.930 bits per heavy atom. The quantitative estimate of drug-likeness (QED) is 0.189. The lowest BCUT2D eigenvalue weighted by molar-refractivity contribution is 0.659. The molecule has 0 heterocycles. The van der Waals surface area contributed by atoms with Crippen LogP contribution in [0.15, 0.2) is 140 Å². The summed E-state index contributed by atoms with van der Waals surface area (Å²) in [5.41, 5.74) is 14.5. The molecule has 0 atom stereocenters. The van der Waals surface area contributed by atoms with Gasteiger partial charge in [-0.05, 0) is 96.2 Å². The summed E-state index contributed by atoms with van der Waals surface area (Å²) in [6, 6.07) is 52.7. The molecule has 0 unspecified atom stereocenters. The lowest BCUT2D eigenvalue weighted by atomic mass is 9.66. The van der Waals surface area contributed by atoms with Crippen LogP contribution < -0.4 is 0 Å². The van der Waals surface area contributed by atoms with Gasteiger partial charge in [0.25, 0.3) is 0 Å². The summed E-state index contributed by atoms with van der Waals surface area (Å²) in [5.74, 6) is 0. The van der Waals surface area contributed by atoms with Crippen LogP contribution in [0.25, 0.3) is 43.8 Å². The average molecular weight is 549 g/mol. The van der Waals surface area contributed by atoms with Crippen LogP contribution in [0, 0.1) is 6.92 Å². The maximum absolute atomic E-state index is 2.57. The summed E-state index contributed by atoms with van der Waals surface area (Å²) < 4.78 is 0. The van der Waals surface area contributed by atoms with E-state index in [4.69, 9.17) is 0 Å². The molecule has 2 aliphatic rings. The molecule has 43 heavy (non-hydrogen) atoms. The largest absolute Gasteiger partial charge is 0.0720 e. The van der Waals surface area contributed by atoms with Gasteiger partial charge < -0.3 is 0 Å². The molecule has 9 rings (SSSR count). The van der Waals surface area contributed by atoms with Crippen molar-refractivity contribution in [3.05, 3.63) is 178 Å². The molecule has 0 saturated heterocycles. The summed E-state index contributed by atoms with van der Waals surface area (Å²) in [5, 5.41) is 5.29. The van der Waals surface area contributed by atoms with Gasteiger partial charge in [0.2, 0.25) is 0 Å². The second kappa shape index (κ2) is 8.55. The minimum atomic E-state index is -0.469. The van der Waals surface area contributed by atoms with Gasteiger partial charge in [0.05, 0.1) is 5.41 Å². The van der Waals surface area contributed by atoms with Crippen molar-refractivity contribution >= 4 is 21.5 Å². The molecule has 0 spiro atoms. The van der Waals surface area contributed by atoms with Crippen molar-refractivity contribution in [2.24, 2.45) is 0 Å². The number of hydrogen-bond donors (Lipinski definition) is 0. The van der Waals surface area contributed by atoms with Crippen LogP contribution in [0.5, 0.6) is 0 Å². The Bertz CT molecular complexity index is 2210. The van der Waals surface area contributed by atoms with Gasteiger partial charge in [-0.2, -0.15) is 0 Å². The van der Waals surface area contributed by atoms with E-state index >= 15 is 0 Å². The SMILES string of the molecule is Cc1ccc2c(c1)C(C)(C)c1cc3c(cc1-2)C(c1ccccc1)(c1ccccc1)c1c-3c2ccccc2c2ccccc12. The average Bonchev–Trinajstić information content (AvgIpc) is 3.47. The zero-order chi connectivity index (χ0) is 28.9. The number of benzene rings is 7. The molecule has 0 aromatic heterocycles. The summed E-state index contributed by atoms with van der Waals surface area (Å²) in [7, 11) is 0. The highest BCUT2D eigenvalue weighted by Gasteiger charge is 2.49. The third-order valence-electron chi connectivity index (χ3n) is 10.4. The highest BCUT2D eigenvalue weighted by atomic mass is 14.5. The number of rotatable bonds is 2. The fourth-order valence-electron chi connectivity index (χ4n) is 8.50. The van der Waals surface area contributed by atoms with E-state index in [-0.39, 0.29) is 5.41 Å². The van der Waals surface area contributed by atoms with E-state index < -0.39 is 5.41 Å². The fraction of sp³-hybridized carbons (Fsp3) is 0.116. The van der Waals surface area contributed by atoms with E-state index in [1.54, 1.807) is 0 Å². The molecule has 0 heteroatoms. The molecule has 0 saturated carbocycles. The first-order valence-corrected chi connectivity index (χ1v) is 15.4. The van der Waals surface area contributed by atoms with E-state index in [9.17, 15) is 0 Å². The molecule has 0 nitrogen and oxygen atoms in total. The molecule has 2 aliphatic carbocycles. The lowest BCUT2D eigenvalue weighted by Gasteiger charge is -2.35. The van der Waals surface area contributed by atoms with E-state index in [1.165, 1.54) is 82.7 Å². The molecule has 0 bridgehead atoms. The van der Waals surface area contributed by atoms with Crippen LogP contribution in [0.4, 0.5) is 0 Å². The molecule has 0 aliphatic heterocycles. The Labute approximate surface area is 253 Å². The van der Waals surface area contributed by atoms with E-state index in [0.717, 1.165) is 0 Å². The Balaban J connectivity index is 1.55. The minimum Gasteiger partial charge on any atom is -0.0622 e. The first-order valence-electron chi connectivity index (χ1n) is 15.4. The standard InChI is InChI=1S/C43H32/c1-27-22-23-32-35-25-39-36(26-38(35)42(2,3)37(32)24-27)40-33-20-12-10-18-30(33)31-19-11-13-21-34(31)41(40)43(39,28-14-6-4-7-15-28)29-16-8-5-9-17-29/h4-26H,1-3H3. The summed E-state index contributed by atoms with van der Waals surface area (Å²) in [6.45, 7) is 7.02. The molecular formula is C43H32. The Morgan fingerprint density at radius 3 is 1.58 bits per heavy atom. The van der Waals surface area contributed by atoms with Crippen LogP contribution in [-0.4, -0.2) is 0 Å². The second-order valence-corrected chi connectivity index (χ2v) is 12.9. The van der Waals surface area contributed by atoms with Crippen molar-refractivity contribution in [3.63, 3.8) is 0 Å². The van der Waals surface area contributed by atoms with Crippen molar-refractivity contribution in [3.8, 4) is 22.3 Å². The van der Waals surface area contributed by atoms with Gasteiger partial charge in [0, 0.05) is 5.41 Å². The van der Waals surface area contributed by atoms with Gasteiger partial charge in [0.1, 0.15) is 0 Å².